The molecule has 1 aliphatic heterocycles. The van der Waals surface area contributed by atoms with E-state index in [1.165, 1.54) is 4.90 Å². The monoisotopic (exact) mass is 143 g/mol. The molecule has 1 unspecified atom stereocenters. The fourth-order valence-corrected chi connectivity index (χ4v) is 1.07. The molecule has 1 amide bonds. The molecule has 0 bridgehead atoms. The lowest BCUT2D eigenvalue weighted by molar-refractivity contribution is -0.161. The van der Waals surface area contributed by atoms with Crippen LogP contribution in [0, 0.1) is 0 Å². The van der Waals surface area contributed by atoms with Gasteiger partial charge < -0.3 is 10.0 Å². The quantitative estimate of drug-likeness (QED) is 0.539. The van der Waals surface area contributed by atoms with Crippen molar-refractivity contribution in [1.82, 2.24) is 4.90 Å². The number of likely N-dealkylation sites (tertiary alicyclic amines) is 1. The highest BCUT2D eigenvalue weighted by Gasteiger charge is 2.39. The van der Waals surface area contributed by atoms with Crippen LogP contribution in [0.3, 0.4) is 0 Å². The lowest BCUT2D eigenvalue weighted by atomic mass is 10.0. The summed E-state index contributed by atoms with van der Waals surface area (Å²) in [6.07, 6.45) is 0.170. The third kappa shape index (κ3) is 0.853. The maximum atomic E-state index is 10.6. The molecule has 10 heavy (non-hydrogen) atoms. The first-order chi connectivity index (χ1) is 4.66. The van der Waals surface area contributed by atoms with Crippen LogP contribution in [0.25, 0.3) is 0 Å². The SMILES string of the molecule is CCN1C(=O)CC1C(=O)O. The van der Waals surface area contributed by atoms with Crippen LogP contribution in [0.15, 0.2) is 0 Å². The van der Waals surface area contributed by atoms with Crippen LogP contribution in [-0.4, -0.2) is 34.5 Å². The Bertz CT molecular complexity index is 170. The van der Waals surface area contributed by atoms with Crippen LogP contribution in [-0.2, 0) is 9.59 Å². The molecule has 0 radical (unpaired) electrons. The first-order valence-electron chi connectivity index (χ1n) is 3.19. The van der Waals surface area contributed by atoms with E-state index in [0.717, 1.165) is 0 Å². The minimum atomic E-state index is -0.901. The van der Waals surface area contributed by atoms with Gasteiger partial charge in [-0.2, -0.15) is 0 Å². The second kappa shape index (κ2) is 2.28. The maximum absolute atomic E-state index is 10.6. The number of amides is 1. The number of rotatable bonds is 2. The summed E-state index contributed by atoms with van der Waals surface area (Å²) >= 11 is 0. The number of hydrogen-bond acceptors (Lipinski definition) is 2. The Balaban J connectivity index is 2.53. The van der Waals surface area contributed by atoms with Gasteiger partial charge in [-0.15, -0.1) is 0 Å². The van der Waals surface area contributed by atoms with Crippen LogP contribution in [0.1, 0.15) is 13.3 Å². The van der Waals surface area contributed by atoms with Crippen molar-refractivity contribution < 1.29 is 14.7 Å². The van der Waals surface area contributed by atoms with Gasteiger partial charge >= 0.3 is 5.97 Å². The van der Waals surface area contributed by atoms with Gasteiger partial charge in [-0.25, -0.2) is 4.79 Å². The molecule has 56 valence electrons. The average Bonchev–Trinajstić information content (AvgIpc) is 1.83. The summed E-state index contributed by atoms with van der Waals surface area (Å²) < 4.78 is 0. The number of β-lactam (4-membered cyclic amide) rings is 1. The van der Waals surface area contributed by atoms with Crippen molar-refractivity contribution >= 4 is 11.9 Å². The first-order valence-corrected chi connectivity index (χ1v) is 3.19. The molecule has 1 heterocycles. The zero-order valence-electron chi connectivity index (χ0n) is 5.70. The van der Waals surface area contributed by atoms with Crippen LogP contribution in [0.5, 0.6) is 0 Å². The van der Waals surface area contributed by atoms with E-state index in [9.17, 15) is 9.59 Å². The van der Waals surface area contributed by atoms with Crippen LogP contribution in [0.2, 0.25) is 0 Å². The Morgan fingerprint density at radius 3 is 2.70 bits per heavy atom. The van der Waals surface area contributed by atoms with Crippen molar-refractivity contribution in [2.75, 3.05) is 6.54 Å². The standard InChI is InChI=1S/C6H9NO3/c1-2-7-4(6(9)10)3-5(7)8/h4H,2-3H2,1H3,(H,9,10). The van der Waals surface area contributed by atoms with Gasteiger partial charge in [0.05, 0.1) is 6.42 Å². The summed E-state index contributed by atoms with van der Waals surface area (Å²) in [5, 5.41) is 8.46. The van der Waals surface area contributed by atoms with E-state index in [2.05, 4.69) is 0 Å². The van der Waals surface area contributed by atoms with Crippen molar-refractivity contribution in [1.29, 1.82) is 0 Å². The molecule has 0 aromatic rings. The van der Waals surface area contributed by atoms with E-state index in [-0.39, 0.29) is 12.3 Å². The van der Waals surface area contributed by atoms with Gasteiger partial charge in [-0.1, -0.05) is 0 Å². The molecular weight excluding hydrogens is 134 g/mol. The topological polar surface area (TPSA) is 57.6 Å². The Morgan fingerprint density at radius 1 is 1.90 bits per heavy atom. The van der Waals surface area contributed by atoms with Gasteiger partial charge in [0.2, 0.25) is 5.91 Å². The summed E-state index contributed by atoms with van der Waals surface area (Å²) in [6, 6.07) is -0.558. The Morgan fingerprint density at radius 2 is 2.50 bits per heavy atom. The van der Waals surface area contributed by atoms with Gasteiger partial charge in [-0.3, -0.25) is 4.79 Å². The van der Waals surface area contributed by atoms with E-state index in [0.29, 0.717) is 6.54 Å². The number of carbonyl (C=O) groups is 2. The fraction of sp³-hybridized carbons (Fsp3) is 0.667. The van der Waals surface area contributed by atoms with Crippen LogP contribution < -0.4 is 0 Å². The average molecular weight is 143 g/mol. The molecule has 1 fully saturated rings. The van der Waals surface area contributed by atoms with Crippen LogP contribution in [0.4, 0.5) is 0 Å². The summed E-state index contributed by atoms with van der Waals surface area (Å²) in [7, 11) is 0. The third-order valence-electron chi connectivity index (χ3n) is 1.69. The number of hydrogen-bond donors (Lipinski definition) is 1. The van der Waals surface area contributed by atoms with Crippen molar-refractivity contribution in [3.63, 3.8) is 0 Å². The number of aliphatic carboxylic acids is 1. The van der Waals surface area contributed by atoms with Gasteiger partial charge in [0.25, 0.3) is 0 Å². The third-order valence-corrected chi connectivity index (χ3v) is 1.69. The molecule has 4 nitrogen and oxygen atoms in total. The normalized spacial score (nSPS) is 24.3. The molecule has 0 saturated carbocycles. The predicted molar refractivity (Wildman–Crippen MR) is 33.4 cm³/mol. The number of carboxylic acid groups (broad SMARTS) is 1. The van der Waals surface area contributed by atoms with E-state index in [1.54, 1.807) is 6.92 Å². The van der Waals surface area contributed by atoms with E-state index in [4.69, 9.17) is 5.11 Å². The predicted octanol–water partition coefficient (Wildman–Crippen LogP) is -0.308. The maximum Gasteiger partial charge on any atom is 0.326 e. The minimum absolute atomic E-state index is 0.0603. The Labute approximate surface area is 58.4 Å². The fourth-order valence-electron chi connectivity index (χ4n) is 1.07. The minimum Gasteiger partial charge on any atom is -0.480 e. The highest BCUT2D eigenvalue weighted by molar-refractivity contribution is 5.94. The molecule has 1 N–H and O–H groups in total. The number of carboxylic acids is 1. The molecule has 1 aliphatic rings. The summed E-state index contributed by atoms with van der Waals surface area (Å²) in [4.78, 5) is 22.3. The Hall–Kier alpha value is -1.06. The summed E-state index contributed by atoms with van der Waals surface area (Å²) in [5.41, 5.74) is 0. The molecule has 0 spiro atoms. The van der Waals surface area contributed by atoms with E-state index in [1.807, 2.05) is 0 Å². The molecule has 1 rings (SSSR count). The lowest BCUT2D eigenvalue weighted by Crippen LogP contribution is -2.56. The van der Waals surface area contributed by atoms with Crippen molar-refractivity contribution in [2.24, 2.45) is 0 Å². The molecule has 0 aromatic heterocycles. The molecular formula is C6H9NO3. The zero-order chi connectivity index (χ0) is 7.72. The Kier molecular flexibility index (Phi) is 1.61. The van der Waals surface area contributed by atoms with Gasteiger partial charge in [-0.05, 0) is 6.92 Å². The largest absolute Gasteiger partial charge is 0.480 e. The van der Waals surface area contributed by atoms with Crippen molar-refractivity contribution in [3.05, 3.63) is 0 Å². The molecule has 0 aromatic carbocycles. The van der Waals surface area contributed by atoms with Gasteiger partial charge in [0.1, 0.15) is 6.04 Å². The molecule has 1 atom stereocenters. The molecule has 0 aliphatic carbocycles. The van der Waals surface area contributed by atoms with Crippen molar-refractivity contribution in [2.45, 2.75) is 19.4 Å². The number of likely N-dealkylation sites (N-methyl/N-ethyl adjacent to an activating group) is 1. The smallest absolute Gasteiger partial charge is 0.326 e. The summed E-state index contributed by atoms with van der Waals surface area (Å²) in [6.45, 7) is 2.27. The molecule has 1 saturated heterocycles. The van der Waals surface area contributed by atoms with Gasteiger partial charge in [0, 0.05) is 6.54 Å². The van der Waals surface area contributed by atoms with E-state index >= 15 is 0 Å². The second-order valence-electron chi connectivity index (χ2n) is 2.24. The lowest BCUT2D eigenvalue weighted by Gasteiger charge is -2.36. The summed E-state index contributed by atoms with van der Waals surface area (Å²) in [5.74, 6) is -0.962. The highest BCUT2D eigenvalue weighted by atomic mass is 16.4. The number of nitrogens with zero attached hydrogens (tertiary/aromatic N) is 1. The number of carbonyl (C=O) groups excluding carboxylic acids is 1. The second-order valence-corrected chi connectivity index (χ2v) is 2.24. The van der Waals surface area contributed by atoms with Crippen molar-refractivity contribution in [3.8, 4) is 0 Å². The zero-order valence-corrected chi connectivity index (χ0v) is 5.70. The van der Waals surface area contributed by atoms with Gasteiger partial charge in [0.15, 0.2) is 0 Å². The van der Waals surface area contributed by atoms with E-state index < -0.39 is 12.0 Å². The highest BCUT2D eigenvalue weighted by Crippen LogP contribution is 2.17. The molecule has 4 heteroatoms. The first kappa shape index (κ1) is 7.05. The van der Waals surface area contributed by atoms with Crippen LogP contribution >= 0.6 is 0 Å².